The number of carbonyl (C=O) groups is 1. The van der Waals surface area contributed by atoms with Crippen molar-refractivity contribution in [2.45, 2.75) is 45.7 Å². The minimum atomic E-state index is -0.129. The molecule has 0 aliphatic heterocycles. The number of benzene rings is 1. The van der Waals surface area contributed by atoms with Crippen LogP contribution in [0.15, 0.2) is 24.3 Å². The van der Waals surface area contributed by atoms with Gasteiger partial charge in [-0.05, 0) is 37.5 Å². The molecule has 0 aliphatic rings. The second-order valence-corrected chi connectivity index (χ2v) is 4.84. The normalized spacial score (nSPS) is 12.3. The predicted octanol–water partition coefficient (Wildman–Crippen LogP) is 3.89. The first-order valence-electron chi connectivity index (χ1n) is 6.39. The Balaban J connectivity index is 2.54. The Morgan fingerprint density at radius 3 is 2.50 bits per heavy atom. The average Bonchev–Trinajstić information content (AvgIpc) is 2.35. The van der Waals surface area contributed by atoms with Crippen LogP contribution in [0, 0.1) is 0 Å². The highest BCUT2D eigenvalue weighted by molar-refractivity contribution is 6.30. The van der Waals surface area contributed by atoms with Crippen molar-refractivity contribution in [1.82, 2.24) is 10.6 Å². The van der Waals surface area contributed by atoms with Gasteiger partial charge in [-0.3, -0.25) is 0 Å². The third kappa shape index (κ3) is 4.57. The van der Waals surface area contributed by atoms with E-state index in [4.69, 9.17) is 11.6 Å². The molecule has 1 rings (SSSR count). The van der Waals surface area contributed by atoms with E-state index in [9.17, 15) is 4.79 Å². The molecule has 0 saturated heterocycles. The van der Waals surface area contributed by atoms with Gasteiger partial charge >= 0.3 is 6.03 Å². The highest BCUT2D eigenvalue weighted by Gasteiger charge is 2.12. The van der Waals surface area contributed by atoms with Crippen molar-refractivity contribution >= 4 is 17.6 Å². The summed E-state index contributed by atoms with van der Waals surface area (Å²) in [5, 5.41) is 6.54. The standard InChI is InChI=1S/C14H21ClN2O/c1-4-13(5-2)17-14(18)16-10(3)11-7-6-8-12(15)9-11/h6-10,13H,4-5H2,1-3H3,(H2,16,17,18). The maximum atomic E-state index is 11.8. The van der Waals surface area contributed by atoms with Crippen molar-refractivity contribution in [3.05, 3.63) is 34.9 Å². The van der Waals surface area contributed by atoms with Crippen LogP contribution >= 0.6 is 11.6 Å². The summed E-state index contributed by atoms with van der Waals surface area (Å²) in [4.78, 5) is 11.8. The zero-order chi connectivity index (χ0) is 13.5. The van der Waals surface area contributed by atoms with E-state index < -0.39 is 0 Å². The quantitative estimate of drug-likeness (QED) is 0.836. The lowest BCUT2D eigenvalue weighted by molar-refractivity contribution is 0.233. The smallest absolute Gasteiger partial charge is 0.315 e. The van der Waals surface area contributed by atoms with Gasteiger partial charge in [0, 0.05) is 11.1 Å². The van der Waals surface area contributed by atoms with Crippen molar-refractivity contribution in [3.63, 3.8) is 0 Å². The fraction of sp³-hybridized carbons (Fsp3) is 0.500. The summed E-state index contributed by atoms with van der Waals surface area (Å²) in [7, 11) is 0. The zero-order valence-corrected chi connectivity index (χ0v) is 11.9. The lowest BCUT2D eigenvalue weighted by Crippen LogP contribution is -2.42. The number of rotatable bonds is 5. The van der Waals surface area contributed by atoms with Crippen molar-refractivity contribution < 1.29 is 4.79 Å². The van der Waals surface area contributed by atoms with E-state index in [1.807, 2.05) is 31.2 Å². The van der Waals surface area contributed by atoms with Gasteiger partial charge in [0.2, 0.25) is 0 Å². The Hall–Kier alpha value is -1.22. The first kappa shape index (κ1) is 14.8. The molecule has 2 N–H and O–H groups in total. The van der Waals surface area contributed by atoms with Crippen LogP contribution in [0.2, 0.25) is 5.02 Å². The maximum absolute atomic E-state index is 11.8. The van der Waals surface area contributed by atoms with Gasteiger partial charge in [-0.1, -0.05) is 37.6 Å². The summed E-state index contributed by atoms with van der Waals surface area (Å²) in [6.07, 6.45) is 1.88. The molecular formula is C14H21ClN2O. The molecular weight excluding hydrogens is 248 g/mol. The molecule has 0 aliphatic carbocycles. The molecule has 4 heteroatoms. The third-order valence-corrected chi connectivity index (χ3v) is 3.25. The summed E-state index contributed by atoms with van der Waals surface area (Å²) < 4.78 is 0. The summed E-state index contributed by atoms with van der Waals surface area (Å²) >= 11 is 5.93. The van der Waals surface area contributed by atoms with Crippen molar-refractivity contribution in [2.75, 3.05) is 0 Å². The van der Waals surface area contributed by atoms with Gasteiger partial charge in [0.15, 0.2) is 0 Å². The van der Waals surface area contributed by atoms with Crippen molar-refractivity contribution in [2.24, 2.45) is 0 Å². The monoisotopic (exact) mass is 268 g/mol. The maximum Gasteiger partial charge on any atom is 0.315 e. The van der Waals surface area contributed by atoms with Gasteiger partial charge in [0.25, 0.3) is 0 Å². The number of hydrogen-bond donors (Lipinski definition) is 2. The summed E-state index contributed by atoms with van der Waals surface area (Å²) in [5.41, 5.74) is 1.00. The number of carbonyl (C=O) groups excluding carboxylic acids is 1. The molecule has 1 aromatic carbocycles. The van der Waals surface area contributed by atoms with E-state index in [-0.39, 0.29) is 18.1 Å². The third-order valence-electron chi connectivity index (χ3n) is 3.02. The van der Waals surface area contributed by atoms with Crippen LogP contribution in [0.1, 0.15) is 45.2 Å². The van der Waals surface area contributed by atoms with Crippen LogP contribution in [0.5, 0.6) is 0 Å². The van der Waals surface area contributed by atoms with E-state index in [2.05, 4.69) is 24.5 Å². The molecule has 0 aromatic heterocycles. The Kier molecular flexibility index (Phi) is 5.99. The summed E-state index contributed by atoms with van der Waals surface area (Å²) in [5.74, 6) is 0. The Morgan fingerprint density at radius 2 is 1.94 bits per heavy atom. The van der Waals surface area contributed by atoms with Gasteiger partial charge in [0.05, 0.1) is 6.04 Å². The van der Waals surface area contributed by atoms with Crippen LogP contribution in [0.25, 0.3) is 0 Å². The van der Waals surface area contributed by atoms with E-state index >= 15 is 0 Å². The van der Waals surface area contributed by atoms with E-state index in [1.54, 1.807) is 0 Å². The highest BCUT2D eigenvalue weighted by atomic mass is 35.5. The van der Waals surface area contributed by atoms with Crippen LogP contribution in [0.3, 0.4) is 0 Å². The minimum Gasteiger partial charge on any atom is -0.335 e. The van der Waals surface area contributed by atoms with Gasteiger partial charge in [-0.25, -0.2) is 4.79 Å². The number of nitrogens with one attached hydrogen (secondary N) is 2. The molecule has 0 heterocycles. The van der Waals surface area contributed by atoms with E-state index in [1.165, 1.54) is 0 Å². The lowest BCUT2D eigenvalue weighted by Gasteiger charge is -2.19. The fourth-order valence-corrected chi connectivity index (χ4v) is 1.97. The molecule has 1 unspecified atom stereocenters. The number of urea groups is 1. The average molecular weight is 269 g/mol. The molecule has 0 fully saturated rings. The molecule has 0 spiro atoms. The summed E-state index contributed by atoms with van der Waals surface area (Å²) in [6.45, 7) is 6.07. The van der Waals surface area contributed by atoms with Gasteiger partial charge in [-0.15, -0.1) is 0 Å². The van der Waals surface area contributed by atoms with Crippen LogP contribution < -0.4 is 10.6 Å². The molecule has 18 heavy (non-hydrogen) atoms. The number of amides is 2. The molecule has 0 radical (unpaired) electrons. The molecule has 0 bridgehead atoms. The van der Waals surface area contributed by atoms with Gasteiger partial charge in [0.1, 0.15) is 0 Å². The fourth-order valence-electron chi connectivity index (χ4n) is 1.78. The van der Waals surface area contributed by atoms with Crippen LogP contribution in [-0.2, 0) is 0 Å². The number of hydrogen-bond acceptors (Lipinski definition) is 1. The van der Waals surface area contributed by atoms with Gasteiger partial charge < -0.3 is 10.6 Å². The van der Waals surface area contributed by atoms with Crippen LogP contribution in [-0.4, -0.2) is 12.1 Å². The molecule has 1 aromatic rings. The highest BCUT2D eigenvalue weighted by Crippen LogP contribution is 2.17. The molecule has 2 amide bonds. The van der Waals surface area contributed by atoms with Crippen LogP contribution in [0.4, 0.5) is 4.79 Å². The molecule has 0 saturated carbocycles. The molecule has 1 atom stereocenters. The SMILES string of the molecule is CCC(CC)NC(=O)NC(C)c1cccc(Cl)c1. The Bertz CT molecular complexity index is 391. The second kappa shape index (κ2) is 7.27. The summed E-state index contributed by atoms with van der Waals surface area (Å²) in [6, 6.07) is 7.57. The second-order valence-electron chi connectivity index (χ2n) is 4.41. The van der Waals surface area contributed by atoms with Gasteiger partial charge in [-0.2, -0.15) is 0 Å². The first-order chi connectivity index (χ1) is 8.56. The topological polar surface area (TPSA) is 41.1 Å². The zero-order valence-electron chi connectivity index (χ0n) is 11.2. The largest absolute Gasteiger partial charge is 0.335 e. The van der Waals surface area contributed by atoms with E-state index in [0.717, 1.165) is 18.4 Å². The number of halogens is 1. The van der Waals surface area contributed by atoms with Crippen molar-refractivity contribution in [1.29, 1.82) is 0 Å². The van der Waals surface area contributed by atoms with Crippen molar-refractivity contribution in [3.8, 4) is 0 Å². The molecule has 100 valence electrons. The first-order valence-corrected chi connectivity index (χ1v) is 6.77. The van der Waals surface area contributed by atoms with E-state index in [0.29, 0.717) is 5.02 Å². The molecule has 3 nitrogen and oxygen atoms in total. The Labute approximate surface area is 114 Å². The predicted molar refractivity (Wildman–Crippen MR) is 75.9 cm³/mol. The lowest BCUT2D eigenvalue weighted by atomic mass is 10.1. The minimum absolute atomic E-state index is 0.0573. The Morgan fingerprint density at radius 1 is 1.28 bits per heavy atom.